The summed E-state index contributed by atoms with van der Waals surface area (Å²) in [4.78, 5) is 1.16. The molecule has 2 N–H and O–H groups in total. The average Bonchev–Trinajstić information content (AvgIpc) is 2.70. The highest BCUT2D eigenvalue weighted by atomic mass is 79.9. The lowest BCUT2D eigenvalue weighted by molar-refractivity contribution is 0.432. The summed E-state index contributed by atoms with van der Waals surface area (Å²) in [5.74, 6) is -0.948. The Morgan fingerprint density at radius 1 is 1.35 bits per heavy atom. The summed E-state index contributed by atoms with van der Waals surface area (Å²) < 4.78 is 14.2. The lowest BCUT2D eigenvalue weighted by Crippen LogP contribution is -2.04. The van der Waals surface area contributed by atoms with Gasteiger partial charge in [0.15, 0.2) is 11.6 Å². The van der Waals surface area contributed by atoms with Crippen LogP contribution in [0.3, 0.4) is 0 Å². The second kappa shape index (κ2) is 5.06. The van der Waals surface area contributed by atoms with Crippen molar-refractivity contribution in [2.75, 3.05) is 5.32 Å². The Morgan fingerprint density at radius 2 is 2.12 bits per heavy atom. The molecular formula is C12H11BrFNOS. The maximum absolute atomic E-state index is 13.1. The molecule has 0 fully saturated rings. The third-order valence-electron chi connectivity index (χ3n) is 2.35. The smallest absolute Gasteiger partial charge is 0.166 e. The first-order valence-electron chi connectivity index (χ1n) is 5.06. The van der Waals surface area contributed by atoms with E-state index in [1.165, 1.54) is 12.1 Å². The van der Waals surface area contributed by atoms with E-state index in [9.17, 15) is 4.39 Å². The zero-order chi connectivity index (χ0) is 12.4. The van der Waals surface area contributed by atoms with E-state index in [4.69, 9.17) is 5.11 Å². The summed E-state index contributed by atoms with van der Waals surface area (Å²) >= 11 is 5.04. The quantitative estimate of drug-likeness (QED) is 0.816. The molecule has 2 aromatic rings. The van der Waals surface area contributed by atoms with E-state index in [0.717, 1.165) is 8.66 Å². The molecule has 1 aromatic heterocycles. The van der Waals surface area contributed by atoms with Gasteiger partial charge in [0, 0.05) is 16.6 Å². The van der Waals surface area contributed by atoms with Gasteiger partial charge in [-0.2, -0.15) is 0 Å². The van der Waals surface area contributed by atoms with Crippen LogP contribution in [0, 0.1) is 5.82 Å². The maximum atomic E-state index is 13.1. The van der Waals surface area contributed by atoms with Crippen LogP contribution < -0.4 is 5.32 Å². The van der Waals surface area contributed by atoms with Gasteiger partial charge in [-0.3, -0.25) is 0 Å². The van der Waals surface area contributed by atoms with Crippen molar-refractivity contribution in [2.45, 2.75) is 13.0 Å². The van der Waals surface area contributed by atoms with E-state index >= 15 is 0 Å². The third kappa shape index (κ3) is 2.98. The highest BCUT2D eigenvalue weighted by molar-refractivity contribution is 9.11. The highest BCUT2D eigenvalue weighted by Gasteiger charge is 2.09. The van der Waals surface area contributed by atoms with E-state index in [2.05, 4.69) is 21.2 Å². The Kier molecular flexibility index (Phi) is 3.69. The van der Waals surface area contributed by atoms with Crippen molar-refractivity contribution in [1.29, 1.82) is 0 Å². The minimum absolute atomic E-state index is 0.0928. The van der Waals surface area contributed by atoms with Gasteiger partial charge in [0.2, 0.25) is 0 Å². The molecule has 5 heteroatoms. The van der Waals surface area contributed by atoms with Crippen LogP contribution in [0.25, 0.3) is 0 Å². The number of hydrogen-bond donors (Lipinski definition) is 2. The second-order valence-electron chi connectivity index (χ2n) is 3.67. The average molecular weight is 316 g/mol. The van der Waals surface area contributed by atoms with Crippen LogP contribution in [0.2, 0.25) is 0 Å². The summed E-state index contributed by atoms with van der Waals surface area (Å²) in [6.45, 7) is 2.00. The van der Waals surface area contributed by atoms with Crippen LogP contribution in [0.4, 0.5) is 10.1 Å². The minimum Gasteiger partial charge on any atom is -0.505 e. The first-order chi connectivity index (χ1) is 8.06. The van der Waals surface area contributed by atoms with Gasteiger partial charge in [-0.1, -0.05) is 0 Å². The Hall–Kier alpha value is -1.07. The number of anilines is 1. The molecule has 0 amide bonds. The molecule has 1 heterocycles. The highest BCUT2D eigenvalue weighted by Crippen LogP contribution is 2.30. The van der Waals surface area contributed by atoms with Gasteiger partial charge in [0.1, 0.15) is 0 Å². The number of hydrogen-bond acceptors (Lipinski definition) is 3. The molecule has 0 saturated carbocycles. The molecule has 0 saturated heterocycles. The zero-order valence-corrected chi connectivity index (χ0v) is 11.5. The molecule has 1 aromatic carbocycles. The van der Waals surface area contributed by atoms with Gasteiger partial charge in [0.05, 0.1) is 9.83 Å². The fraction of sp³-hybridized carbons (Fsp3) is 0.167. The van der Waals surface area contributed by atoms with Gasteiger partial charge in [-0.25, -0.2) is 4.39 Å². The van der Waals surface area contributed by atoms with Gasteiger partial charge < -0.3 is 10.4 Å². The van der Waals surface area contributed by atoms with Crippen molar-refractivity contribution in [3.63, 3.8) is 0 Å². The summed E-state index contributed by atoms with van der Waals surface area (Å²) in [6.07, 6.45) is 0. The van der Waals surface area contributed by atoms with Gasteiger partial charge in [-0.15, -0.1) is 11.3 Å². The molecule has 1 unspecified atom stereocenters. The Labute approximate surface area is 111 Å². The molecular weight excluding hydrogens is 305 g/mol. The summed E-state index contributed by atoms with van der Waals surface area (Å²) in [5, 5.41) is 12.3. The maximum Gasteiger partial charge on any atom is 0.166 e. The van der Waals surface area contributed by atoms with Crippen molar-refractivity contribution in [3.05, 3.63) is 44.8 Å². The summed E-state index contributed by atoms with van der Waals surface area (Å²) in [7, 11) is 0. The second-order valence-corrected chi connectivity index (χ2v) is 6.17. The molecule has 0 spiro atoms. The lowest BCUT2D eigenvalue weighted by Gasteiger charge is -2.13. The van der Waals surface area contributed by atoms with Crippen LogP contribution in [0.1, 0.15) is 17.8 Å². The van der Waals surface area contributed by atoms with Crippen molar-refractivity contribution in [3.8, 4) is 5.75 Å². The van der Waals surface area contributed by atoms with Crippen LogP contribution in [0.15, 0.2) is 34.1 Å². The minimum atomic E-state index is -0.616. The van der Waals surface area contributed by atoms with Crippen molar-refractivity contribution in [2.24, 2.45) is 0 Å². The normalized spacial score (nSPS) is 12.4. The largest absolute Gasteiger partial charge is 0.505 e. The van der Waals surface area contributed by atoms with Crippen molar-refractivity contribution < 1.29 is 9.50 Å². The van der Waals surface area contributed by atoms with Crippen LogP contribution in [0.5, 0.6) is 5.75 Å². The van der Waals surface area contributed by atoms with Gasteiger partial charge >= 0.3 is 0 Å². The number of rotatable bonds is 3. The van der Waals surface area contributed by atoms with E-state index in [1.54, 1.807) is 17.4 Å². The Bertz CT molecular complexity index is 529. The third-order valence-corrected chi connectivity index (χ3v) is 4.16. The molecule has 17 heavy (non-hydrogen) atoms. The predicted molar refractivity (Wildman–Crippen MR) is 72.1 cm³/mol. The van der Waals surface area contributed by atoms with Crippen molar-refractivity contribution >= 4 is 33.0 Å². The number of aromatic hydroxyl groups is 1. The Morgan fingerprint density at radius 3 is 2.71 bits per heavy atom. The molecule has 0 bridgehead atoms. The molecule has 0 aliphatic heterocycles. The fourth-order valence-electron chi connectivity index (χ4n) is 1.48. The van der Waals surface area contributed by atoms with E-state index < -0.39 is 5.82 Å². The van der Waals surface area contributed by atoms with Crippen LogP contribution in [-0.2, 0) is 0 Å². The van der Waals surface area contributed by atoms with E-state index in [0.29, 0.717) is 5.69 Å². The molecule has 0 aliphatic rings. The number of thiophene rings is 1. The fourth-order valence-corrected chi connectivity index (χ4v) is 2.90. The summed E-state index contributed by atoms with van der Waals surface area (Å²) in [6, 6.07) is 8.37. The van der Waals surface area contributed by atoms with Crippen LogP contribution >= 0.6 is 27.3 Å². The molecule has 0 radical (unpaired) electrons. The van der Waals surface area contributed by atoms with Crippen molar-refractivity contribution in [1.82, 2.24) is 0 Å². The zero-order valence-electron chi connectivity index (χ0n) is 9.08. The first-order valence-corrected chi connectivity index (χ1v) is 6.67. The standard InChI is InChI=1S/C12H11BrFNOS/c1-7(11-4-5-12(13)17-11)15-8-2-3-10(16)9(14)6-8/h2-7,15-16H,1H3. The van der Waals surface area contributed by atoms with E-state index in [1.807, 2.05) is 19.1 Å². The number of phenols is 1. The topological polar surface area (TPSA) is 32.3 Å². The number of phenolic OH excluding ortho intramolecular Hbond substituents is 1. The van der Waals surface area contributed by atoms with Gasteiger partial charge in [-0.05, 0) is 47.1 Å². The molecule has 90 valence electrons. The molecule has 1 atom stereocenters. The molecule has 2 nitrogen and oxygen atoms in total. The number of nitrogens with one attached hydrogen (secondary N) is 1. The predicted octanol–water partition coefficient (Wildman–Crippen LogP) is 4.53. The molecule has 2 rings (SSSR count). The first kappa shape index (κ1) is 12.4. The molecule has 0 aliphatic carbocycles. The Balaban J connectivity index is 2.12. The SMILES string of the molecule is CC(Nc1ccc(O)c(F)c1)c1ccc(Br)s1. The van der Waals surface area contributed by atoms with Crippen LogP contribution in [-0.4, -0.2) is 5.11 Å². The monoisotopic (exact) mass is 315 g/mol. The number of halogens is 2. The van der Waals surface area contributed by atoms with E-state index in [-0.39, 0.29) is 11.8 Å². The lowest BCUT2D eigenvalue weighted by atomic mass is 10.2. The number of benzene rings is 1. The summed E-state index contributed by atoms with van der Waals surface area (Å²) in [5.41, 5.74) is 0.650. The van der Waals surface area contributed by atoms with Gasteiger partial charge in [0.25, 0.3) is 0 Å².